The van der Waals surface area contributed by atoms with E-state index in [0.29, 0.717) is 19.8 Å². The van der Waals surface area contributed by atoms with Crippen LogP contribution in [0.2, 0.25) is 0 Å². The summed E-state index contributed by atoms with van der Waals surface area (Å²) in [6.07, 6.45) is 0.580. The first kappa shape index (κ1) is 28.1. The van der Waals surface area contributed by atoms with Gasteiger partial charge in [0.2, 0.25) is 0 Å². The SMILES string of the molecule is COCCCOc1cc(CN(C(=O)[C@H]2CN(C(=O)OC(C)(C)C)C[C@@H](CO)O2)C2CC2)cc2ccccc12. The standard InChI is InChI=1S/C29H40N2O7/c1-29(2,3)38-28(34)30-17-23(19-32)37-26(18-30)27(33)31(22-10-11-22)16-20-14-21-8-5-6-9-24(21)25(15-20)36-13-7-12-35-4/h5-6,8-9,14-15,22-23,26,32H,7,10-13,16-19H2,1-4H3/t23-,26+/m0/s1. The monoisotopic (exact) mass is 528 g/mol. The molecule has 0 aromatic heterocycles. The Kier molecular flexibility index (Phi) is 9.12. The Labute approximate surface area is 224 Å². The van der Waals surface area contributed by atoms with Crippen molar-refractivity contribution in [2.75, 3.05) is 40.0 Å². The number of rotatable bonds is 10. The number of fused-ring (bicyclic) bond motifs is 1. The Bertz CT molecular complexity index is 1110. The second-order valence-corrected chi connectivity index (χ2v) is 11.0. The molecule has 208 valence electrons. The van der Waals surface area contributed by atoms with Gasteiger partial charge in [0, 0.05) is 38.1 Å². The van der Waals surface area contributed by atoms with Crippen molar-refractivity contribution in [1.29, 1.82) is 0 Å². The molecule has 2 amide bonds. The maximum Gasteiger partial charge on any atom is 0.410 e. The van der Waals surface area contributed by atoms with Crippen LogP contribution in [-0.4, -0.2) is 90.8 Å². The Morgan fingerprint density at radius 2 is 1.89 bits per heavy atom. The fourth-order valence-corrected chi connectivity index (χ4v) is 4.64. The Hall–Kier alpha value is -2.88. The number of aliphatic hydroxyl groups excluding tert-OH is 1. The highest BCUT2D eigenvalue weighted by atomic mass is 16.6. The van der Waals surface area contributed by atoms with Crippen LogP contribution < -0.4 is 4.74 Å². The van der Waals surface area contributed by atoms with Gasteiger partial charge in [-0.25, -0.2) is 4.79 Å². The first-order chi connectivity index (χ1) is 18.2. The highest BCUT2D eigenvalue weighted by Crippen LogP contribution is 2.33. The first-order valence-electron chi connectivity index (χ1n) is 13.4. The summed E-state index contributed by atoms with van der Waals surface area (Å²) in [6, 6.07) is 12.3. The van der Waals surface area contributed by atoms with E-state index in [0.717, 1.165) is 41.3 Å². The number of carbonyl (C=O) groups is 2. The van der Waals surface area contributed by atoms with E-state index in [1.165, 1.54) is 4.90 Å². The zero-order valence-corrected chi connectivity index (χ0v) is 22.9. The maximum absolute atomic E-state index is 13.8. The second-order valence-electron chi connectivity index (χ2n) is 11.0. The van der Waals surface area contributed by atoms with Crippen molar-refractivity contribution >= 4 is 22.8 Å². The molecule has 38 heavy (non-hydrogen) atoms. The summed E-state index contributed by atoms with van der Waals surface area (Å²) in [7, 11) is 1.67. The number of hydrogen-bond acceptors (Lipinski definition) is 7. The van der Waals surface area contributed by atoms with Crippen LogP contribution in [0.1, 0.15) is 45.6 Å². The molecule has 1 aliphatic heterocycles. The number of hydrogen-bond donors (Lipinski definition) is 1. The van der Waals surface area contributed by atoms with Crippen molar-refractivity contribution in [3.8, 4) is 5.75 Å². The molecule has 0 radical (unpaired) electrons. The molecule has 2 aliphatic rings. The summed E-state index contributed by atoms with van der Waals surface area (Å²) in [4.78, 5) is 29.9. The topological polar surface area (TPSA) is 97.8 Å². The molecule has 2 aromatic carbocycles. The molecule has 1 saturated heterocycles. The lowest BCUT2D eigenvalue weighted by atomic mass is 10.0. The second kappa shape index (κ2) is 12.3. The molecule has 1 heterocycles. The van der Waals surface area contributed by atoms with Crippen molar-refractivity contribution in [3.63, 3.8) is 0 Å². The fraction of sp³-hybridized carbons (Fsp3) is 0.586. The number of benzene rings is 2. The third kappa shape index (κ3) is 7.36. The van der Waals surface area contributed by atoms with Crippen LogP contribution >= 0.6 is 0 Å². The third-order valence-electron chi connectivity index (χ3n) is 6.56. The van der Waals surface area contributed by atoms with Gasteiger partial charge in [0.15, 0.2) is 6.10 Å². The number of nitrogens with zero attached hydrogens (tertiary/aromatic N) is 2. The summed E-state index contributed by atoms with van der Waals surface area (Å²) >= 11 is 0. The van der Waals surface area contributed by atoms with Crippen molar-refractivity contribution in [2.45, 2.75) is 70.4 Å². The van der Waals surface area contributed by atoms with Gasteiger partial charge < -0.3 is 33.9 Å². The van der Waals surface area contributed by atoms with Crippen LogP contribution in [0.25, 0.3) is 10.8 Å². The molecular weight excluding hydrogens is 488 g/mol. The van der Waals surface area contributed by atoms with Gasteiger partial charge in [-0.05, 0) is 56.7 Å². The summed E-state index contributed by atoms with van der Waals surface area (Å²) in [5.41, 5.74) is 0.299. The molecule has 9 nitrogen and oxygen atoms in total. The predicted molar refractivity (Wildman–Crippen MR) is 143 cm³/mol. The van der Waals surface area contributed by atoms with Crippen molar-refractivity contribution in [3.05, 3.63) is 42.0 Å². The molecule has 1 saturated carbocycles. The van der Waals surface area contributed by atoms with Crippen LogP contribution in [0.4, 0.5) is 4.79 Å². The molecule has 0 bridgehead atoms. The normalized spacial score (nSPS) is 19.9. The van der Waals surface area contributed by atoms with E-state index in [-0.39, 0.29) is 31.6 Å². The number of aliphatic hydroxyl groups is 1. The minimum atomic E-state index is -0.876. The largest absolute Gasteiger partial charge is 0.493 e. The highest BCUT2D eigenvalue weighted by molar-refractivity contribution is 5.89. The molecule has 2 atom stereocenters. The Morgan fingerprint density at radius 3 is 2.58 bits per heavy atom. The van der Waals surface area contributed by atoms with Gasteiger partial charge in [-0.1, -0.05) is 24.3 Å². The Balaban J connectivity index is 1.53. The zero-order valence-electron chi connectivity index (χ0n) is 22.9. The van der Waals surface area contributed by atoms with E-state index >= 15 is 0 Å². The number of methoxy groups -OCH3 is 1. The van der Waals surface area contributed by atoms with Crippen molar-refractivity contribution in [2.24, 2.45) is 0 Å². The third-order valence-corrected chi connectivity index (χ3v) is 6.56. The number of carbonyl (C=O) groups excluding carboxylic acids is 2. The Morgan fingerprint density at radius 1 is 1.13 bits per heavy atom. The molecule has 9 heteroatoms. The molecule has 2 aromatic rings. The van der Waals surface area contributed by atoms with Gasteiger partial charge in [-0.3, -0.25) is 4.79 Å². The first-order valence-corrected chi connectivity index (χ1v) is 13.4. The van der Waals surface area contributed by atoms with Crippen LogP contribution in [0.5, 0.6) is 5.75 Å². The van der Waals surface area contributed by atoms with Gasteiger partial charge in [-0.2, -0.15) is 0 Å². The molecule has 2 fully saturated rings. The lowest BCUT2D eigenvalue weighted by Gasteiger charge is -2.39. The van der Waals surface area contributed by atoms with Crippen LogP contribution in [0.3, 0.4) is 0 Å². The minimum Gasteiger partial charge on any atom is -0.493 e. The molecule has 4 rings (SSSR count). The molecule has 0 spiro atoms. The average Bonchev–Trinajstić information content (AvgIpc) is 3.73. The van der Waals surface area contributed by atoms with Crippen molar-refractivity contribution < 1.29 is 33.6 Å². The fourth-order valence-electron chi connectivity index (χ4n) is 4.64. The molecule has 1 N–H and O–H groups in total. The quantitative estimate of drug-likeness (QED) is 0.469. The minimum absolute atomic E-state index is 0.0824. The van der Waals surface area contributed by atoms with E-state index in [1.54, 1.807) is 27.9 Å². The zero-order chi connectivity index (χ0) is 27.3. The van der Waals surface area contributed by atoms with E-state index in [1.807, 2.05) is 35.2 Å². The number of morpholine rings is 1. The summed E-state index contributed by atoms with van der Waals surface area (Å²) in [5.74, 6) is 0.595. The van der Waals surface area contributed by atoms with Gasteiger partial charge in [0.25, 0.3) is 5.91 Å². The molecular formula is C29H40N2O7. The average molecular weight is 529 g/mol. The summed E-state index contributed by atoms with van der Waals surface area (Å²) in [5, 5.41) is 11.9. The van der Waals surface area contributed by atoms with Crippen LogP contribution in [0, 0.1) is 0 Å². The van der Waals surface area contributed by atoms with Gasteiger partial charge >= 0.3 is 6.09 Å². The number of ether oxygens (including phenoxy) is 4. The van der Waals surface area contributed by atoms with Crippen LogP contribution in [-0.2, 0) is 25.5 Å². The van der Waals surface area contributed by atoms with E-state index < -0.39 is 23.9 Å². The molecule has 1 aliphatic carbocycles. The molecule has 0 unspecified atom stereocenters. The predicted octanol–water partition coefficient (Wildman–Crippen LogP) is 3.74. The lowest BCUT2D eigenvalue weighted by Crippen LogP contribution is -2.57. The van der Waals surface area contributed by atoms with Gasteiger partial charge in [-0.15, -0.1) is 0 Å². The maximum atomic E-state index is 13.8. The summed E-state index contributed by atoms with van der Waals surface area (Å²) in [6.45, 7) is 6.91. The number of amides is 2. The smallest absolute Gasteiger partial charge is 0.410 e. The van der Waals surface area contributed by atoms with E-state index in [9.17, 15) is 14.7 Å². The van der Waals surface area contributed by atoms with Crippen molar-refractivity contribution in [1.82, 2.24) is 9.80 Å². The van der Waals surface area contributed by atoms with Crippen LogP contribution in [0.15, 0.2) is 36.4 Å². The van der Waals surface area contributed by atoms with Gasteiger partial charge in [0.1, 0.15) is 11.4 Å². The van der Waals surface area contributed by atoms with E-state index in [2.05, 4.69) is 6.07 Å². The van der Waals surface area contributed by atoms with E-state index in [4.69, 9.17) is 18.9 Å². The van der Waals surface area contributed by atoms with Gasteiger partial charge in [0.05, 0.1) is 32.4 Å². The summed E-state index contributed by atoms with van der Waals surface area (Å²) < 4.78 is 22.7. The highest BCUT2D eigenvalue weighted by Gasteiger charge is 2.41. The lowest BCUT2D eigenvalue weighted by molar-refractivity contribution is -0.160.